The number of ether oxygens (including phenoxy) is 1. The van der Waals surface area contributed by atoms with Gasteiger partial charge >= 0.3 is 0 Å². The molecule has 1 aromatic carbocycles. The van der Waals surface area contributed by atoms with Crippen LogP contribution in [-0.2, 0) is 4.79 Å². The van der Waals surface area contributed by atoms with E-state index in [4.69, 9.17) is 10.5 Å². The van der Waals surface area contributed by atoms with Crippen LogP contribution in [0, 0.1) is 5.92 Å². The highest BCUT2D eigenvalue weighted by molar-refractivity contribution is 5.86. The van der Waals surface area contributed by atoms with E-state index in [1.807, 2.05) is 43.0 Å². The maximum Gasteiger partial charge on any atom is 0.260 e. The third kappa shape index (κ3) is 4.98. The Morgan fingerprint density at radius 1 is 1.24 bits per heavy atom. The van der Waals surface area contributed by atoms with E-state index in [9.17, 15) is 4.79 Å². The Labute approximate surface area is 150 Å². The number of rotatable bonds is 9. The second-order valence-electron chi connectivity index (χ2n) is 7.04. The number of nitrogens with two attached hydrogens (primary N) is 1. The van der Waals surface area contributed by atoms with Gasteiger partial charge in [-0.3, -0.25) is 4.79 Å². The summed E-state index contributed by atoms with van der Waals surface area (Å²) in [6.07, 6.45) is 3.79. The van der Waals surface area contributed by atoms with Crippen LogP contribution < -0.4 is 10.5 Å². The van der Waals surface area contributed by atoms with Crippen LogP contribution in [0.2, 0.25) is 0 Å². The molecule has 2 unspecified atom stereocenters. The molecule has 0 radical (unpaired) electrons. The first-order valence-electron chi connectivity index (χ1n) is 9.18. The molecular weight excluding hydrogens is 314 g/mol. The van der Waals surface area contributed by atoms with Crippen LogP contribution in [0.5, 0.6) is 5.75 Å². The molecule has 5 nitrogen and oxygen atoms in total. The summed E-state index contributed by atoms with van der Waals surface area (Å²) >= 11 is 0. The maximum absolute atomic E-state index is 12.6. The number of fused-ring (bicyclic) bond motifs is 1. The Morgan fingerprint density at radius 3 is 2.64 bits per heavy atom. The zero-order chi connectivity index (χ0) is 18.4. The molecule has 0 bridgehead atoms. The molecule has 2 aromatic rings. The number of carbonyl (C=O) groups is 1. The summed E-state index contributed by atoms with van der Waals surface area (Å²) in [4.78, 5) is 17.6. The molecule has 0 aliphatic heterocycles. The minimum atomic E-state index is -0.0275. The van der Waals surface area contributed by atoms with Gasteiger partial charge < -0.3 is 20.4 Å². The van der Waals surface area contributed by atoms with Gasteiger partial charge in [-0.1, -0.05) is 26.0 Å². The lowest BCUT2D eigenvalue weighted by atomic mass is 9.98. The molecular formula is C20H31N3O2. The van der Waals surface area contributed by atoms with Gasteiger partial charge in [-0.25, -0.2) is 0 Å². The van der Waals surface area contributed by atoms with Gasteiger partial charge in [-0.05, 0) is 44.7 Å². The smallest absolute Gasteiger partial charge is 0.260 e. The van der Waals surface area contributed by atoms with Crippen LogP contribution in [0.25, 0.3) is 10.9 Å². The molecule has 0 saturated heterocycles. The fourth-order valence-electron chi connectivity index (χ4n) is 3.08. The molecule has 1 aromatic heterocycles. The maximum atomic E-state index is 12.6. The molecule has 0 aliphatic rings. The van der Waals surface area contributed by atoms with Crippen molar-refractivity contribution in [3.8, 4) is 5.75 Å². The summed E-state index contributed by atoms with van der Waals surface area (Å²) in [5.74, 6) is 1.30. The Kier molecular flexibility index (Phi) is 6.88. The monoisotopic (exact) mass is 345 g/mol. The quantitative estimate of drug-likeness (QED) is 0.730. The van der Waals surface area contributed by atoms with E-state index in [2.05, 4.69) is 18.8 Å². The molecule has 2 atom stereocenters. The van der Waals surface area contributed by atoms with Gasteiger partial charge in [0.05, 0.1) is 0 Å². The number of nitrogens with zero attached hydrogens (tertiary/aromatic N) is 1. The predicted molar refractivity (Wildman–Crippen MR) is 103 cm³/mol. The number of H-pyrrole nitrogens is 1. The number of likely N-dealkylation sites (N-methyl/N-ethyl adjacent to an activating group) is 1. The number of amides is 1. The normalized spacial score (nSPS) is 13.8. The lowest BCUT2D eigenvalue weighted by molar-refractivity contribution is -0.135. The molecule has 0 saturated carbocycles. The minimum Gasteiger partial charge on any atom is -0.482 e. The summed E-state index contributed by atoms with van der Waals surface area (Å²) < 4.78 is 5.77. The van der Waals surface area contributed by atoms with Gasteiger partial charge in [0.2, 0.25) is 0 Å². The highest BCUT2D eigenvalue weighted by atomic mass is 16.5. The first kappa shape index (κ1) is 19.3. The average Bonchev–Trinajstić information content (AvgIpc) is 3.01. The Bertz CT molecular complexity index is 680. The summed E-state index contributed by atoms with van der Waals surface area (Å²) in [6, 6.07) is 7.87. The molecule has 1 heterocycles. The molecule has 2 rings (SSSR count). The van der Waals surface area contributed by atoms with Crippen molar-refractivity contribution in [2.75, 3.05) is 13.2 Å². The first-order chi connectivity index (χ1) is 11.9. The third-order valence-corrected chi connectivity index (χ3v) is 4.75. The number of carbonyl (C=O) groups excluding carboxylic acids is 1. The summed E-state index contributed by atoms with van der Waals surface area (Å²) in [7, 11) is 0. The van der Waals surface area contributed by atoms with Gasteiger partial charge in [0.1, 0.15) is 5.75 Å². The van der Waals surface area contributed by atoms with E-state index >= 15 is 0 Å². The first-order valence-corrected chi connectivity index (χ1v) is 9.18. The van der Waals surface area contributed by atoms with Gasteiger partial charge in [0.15, 0.2) is 6.61 Å². The Balaban J connectivity index is 1.95. The van der Waals surface area contributed by atoms with Gasteiger partial charge in [0.25, 0.3) is 5.91 Å². The highest BCUT2D eigenvalue weighted by Gasteiger charge is 2.24. The van der Waals surface area contributed by atoms with E-state index in [0.29, 0.717) is 18.2 Å². The van der Waals surface area contributed by atoms with E-state index in [0.717, 1.165) is 23.7 Å². The summed E-state index contributed by atoms with van der Waals surface area (Å²) in [5.41, 5.74) is 7.31. The number of hydrogen-bond donors (Lipinski definition) is 2. The molecule has 5 heteroatoms. The summed E-state index contributed by atoms with van der Waals surface area (Å²) in [5, 5.41) is 0.986. The topological polar surface area (TPSA) is 71.3 Å². The fourth-order valence-corrected chi connectivity index (χ4v) is 3.08. The molecule has 3 N–H and O–H groups in total. The van der Waals surface area contributed by atoms with Crippen LogP contribution in [0.4, 0.5) is 0 Å². The molecule has 0 spiro atoms. The highest BCUT2D eigenvalue weighted by Crippen LogP contribution is 2.24. The van der Waals surface area contributed by atoms with E-state index < -0.39 is 0 Å². The van der Waals surface area contributed by atoms with Crippen LogP contribution in [-0.4, -0.2) is 41.0 Å². The predicted octanol–water partition coefficient (Wildman–Crippen LogP) is 3.55. The molecule has 1 amide bonds. The van der Waals surface area contributed by atoms with Gasteiger partial charge in [-0.15, -0.1) is 0 Å². The van der Waals surface area contributed by atoms with Crippen molar-refractivity contribution in [3.05, 3.63) is 30.5 Å². The number of hydrogen-bond acceptors (Lipinski definition) is 3. The zero-order valence-electron chi connectivity index (χ0n) is 15.8. The second-order valence-corrected chi connectivity index (χ2v) is 7.04. The molecule has 25 heavy (non-hydrogen) atoms. The SMILES string of the molecule is CCN(C(=O)COc1c[nH]c2ccccc12)C(C)C(N)CCC(C)C. The third-order valence-electron chi connectivity index (χ3n) is 4.75. The standard InChI is InChI=1S/C20H31N3O2/c1-5-23(15(4)17(21)11-10-14(2)3)20(24)13-25-19-12-22-18-9-7-6-8-16(18)19/h6-9,12,14-15,17,22H,5,10-11,13,21H2,1-4H3. The van der Waals surface area contributed by atoms with Crippen LogP contribution in [0.15, 0.2) is 30.5 Å². The van der Waals surface area contributed by atoms with Crippen LogP contribution in [0.3, 0.4) is 0 Å². The fraction of sp³-hybridized carbons (Fsp3) is 0.550. The number of aromatic amines is 1. The van der Waals surface area contributed by atoms with Gasteiger partial charge in [0, 0.05) is 35.7 Å². The minimum absolute atomic E-state index is 0.00261. The Hall–Kier alpha value is -2.01. The van der Waals surface area contributed by atoms with Crippen molar-refractivity contribution in [2.45, 2.75) is 52.6 Å². The van der Waals surface area contributed by atoms with Crippen LogP contribution >= 0.6 is 0 Å². The van der Waals surface area contributed by atoms with Crippen molar-refractivity contribution >= 4 is 16.8 Å². The van der Waals surface area contributed by atoms with E-state index in [-0.39, 0.29) is 24.6 Å². The number of para-hydroxylation sites is 1. The largest absolute Gasteiger partial charge is 0.482 e. The number of aromatic nitrogens is 1. The number of benzene rings is 1. The van der Waals surface area contributed by atoms with Crippen LogP contribution in [0.1, 0.15) is 40.5 Å². The lowest BCUT2D eigenvalue weighted by Gasteiger charge is -2.32. The van der Waals surface area contributed by atoms with Crippen molar-refractivity contribution < 1.29 is 9.53 Å². The van der Waals surface area contributed by atoms with Crippen molar-refractivity contribution in [1.29, 1.82) is 0 Å². The molecule has 0 aliphatic carbocycles. The average molecular weight is 345 g/mol. The van der Waals surface area contributed by atoms with Crippen molar-refractivity contribution in [3.63, 3.8) is 0 Å². The van der Waals surface area contributed by atoms with E-state index in [1.54, 1.807) is 6.20 Å². The van der Waals surface area contributed by atoms with E-state index in [1.165, 1.54) is 0 Å². The van der Waals surface area contributed by atoms with Crippen molar-refractivity contribution in [1.82, 2.24) is 9.88 Å². The Morgan fingerprint density at radius 2 is 1.96 bits per heavy atom. The second kappa shape index (κ2) is 8.90. The lowest BCUT2D eigenvalue weighted by Crippen LogP contribution is -2.50. The molecule has 138 valence electrons. The zero-order valence-corrected chi connectivity index (χ0v) is 15.8. The number of nitrogens with one attached hydrogen (secondary N) is 1. The van der Waals surface area contributed by atoms with Crippen molar-refractivity contribution in [2.24, 2.45) is 11.7 Å². The summed E-state index contributed by atoms with van der Waals surface area (Å²) in [6.45, 7) is 9.04. The molecule has 0 fully saturated rings. The van der Waals surface area contributed by atoms with Gasteiger partial charge in [-0.2, -0.15) is 0 Å².